The fourth-order valence-corrected chi connectivity index (χ4v) is 4.09. The molecule has 9 heteroatoms. The maximum atomic E-state index is 12.5. The van der Waals surface area contributed by atoms with E-state index in [0.717, 1.165) is 0 Å². The molecule has 166 valence electrons. The minimum absolute atomic E-state index is 0.0772. The Labute approximate surface area is 188 Å². The van der Waals surface area contributed by atoms with E-state index in [1.165, 1.54) is 30.3 Å². The van der Waals surface area contributed by atoms with E-state index in [1.54, 1.807) is 54.6 Å². The normalized spacial score (nSPS) is 11.3. The second-order valence-corrected chi connectivity index (χ2v) is 8.84. The number of Topliss-reactive ketones (excluding diaryl/α,β-unsaturated/α-hetero) is 1. The number of carbonyl (C=O) groups is 2. The lowest BCUT2D eigenvalue weighted by Gasteiger charge is -2.09. The SMILES string of the molecule is O=C(CNS(=O)(=O)c1ccc(NC(=O)c2cc3ccccc3oc2=O)cc1)c1ccccc1. The van der Waals surface area contributed by atoms with Gasteiger partial charge in [0.15, 0.2) is 5.78 Å². The molecule has 0 aliphatic rings. The number of rotatable bonds is 7. The molecule has 0 atom stereocenters. The van der Waals surface area contributed by atoms with E-state index in [4.69, 9.17) is 4.42 Å². The van der Waals surface area contributed by atoms with Crippen molar-refractivity contribution in [2.24, 2.45) is 0 Å². The molecule has 1 amide bonds. The van der Waals surface area contributed by atoms with Gasteiger partial charge in [-0.2, -0.15) is 0 Å². The van der Waals surface area contributed by atoms with E-state index in [0.29, 0.717) is 16.5 Å². The van der Waals surface area contributed by atoms with Gasteiger partial charge in [-0.25, -0.2) is 17.9 Å². The number of carbonyl (C=O) groups excluding carboxylic acids is 2. The lowest BCUT2D eigenvalue weighted by atomic mass is 10.1. The van der Waals surface area contributed by atoms with Gasteiger partial charge in [0.2, 0.25) is 10.0 Å². The van der Waals surface area contributed by atoms with E-state index in [2.05, 4.69) is 10.0 Å². The first-order valence-corrected chi connectivity index (χ1v) is 11.3. The predicted molar refractivity (Wildman–Crippen MR) is 123 cm³/mol. The van der Waals surface area contributed by atoms with Crippen LogP contribution in [0.3, 0.4) is 0 Å². The van der Waals surface area contributed by atoms with Gasteiger partial charge in [-0.1, -0.05) is 48.5 Å². The van der Waals surface area contributed by atoms with Crippen LogP contribution in [0.2, 0.25) is 0 Å². The predicted octanol–water partition coefficient (Wildman–Crippen LogP) is 3.21. The van der Waals surface area contributed by atoms with Crippen molar-refractivity contribution in [3.8, 4) is 0 Å². The largest absolute Gasteiger partial charge is 0.422 e. The second kappa shape index (κ2) is 9.19. The third-order valence-corrected chi connectivity index (χ3v) is 6.24. The van der Waals surface area contributed by atoms with Gasteiger partial charge < -0.3 is 9.73 Å². The summed E-state index contributed by atoms with van der Waals surface area (Å²) in [6, 6.07) is 21.9. The standard InChI is InChI=1S/C24H18N2O6S/c27-21(16-6-2-1-3-7-16)15-25-33(30,31)19-12-10-18(11-13-19)26-23(28)20-14-17-8-4-5-9-22(17)32-24(20)29/h1-14,25H,15H2,(H,26,28). The Morgan fingerprint density at radius 1 is 0.848 bits per heavy atom. The zero-order valence-electron chi connectivity index (χ0n) is 17.1. The molecule has 2 N–H and O–H groups in total. The molecule has 0 spiro atoms. The Kier molecular flexibility index (Phi) is 6.16. The Balaban J connectivity index is 1.44. The summed E-state index contributed by atoms with van der Waals surface area (Å²) in [6.45, 7) is -0.386. The van der Waals surface area contributed by atoms with Crippen LogP contribution < -0.4 is 15.7 Å². The van der Waals surface area contributed by atoms with E-state index in [9.17, 15) is 22.8 Å². The maximum Gasteiger partial charge on any atom is 0.349 e. The van der Waals surface area contributed by atoms with E-state index in [1.807, 2.05) is 0 Å². The number of amides is 1. The first-order valence-electron chi connectivity index (χ1n) is 9.86. The molecule has 0 saturated heterocycles. The highest BCUT2D eigenvalue weighted by atomic mass is 32.2. The first-order chi connectivity index (χ1) is 15.8. The molecule has 0 aliphatic carbocycles. The number of nitrogens with one attached hydrogen (secondary N) is 2. The summed E-state index contributed by atoms with van der Waals surface area (Å²) < 4.78 is 32.4. The number of benzene rings is 3. The van der Waals surface area contributed by atoms with Crippen LogP contribution in [0.25, 0.3) is 11.0 Å². The highest BCUT2D eigenvalue weighted by Crippen LogP contribution is 2.17. The van der Waals surface area contributed by atoms with Gasteiger partial charge in [0.25, 0.3) is 5.91 Å². The quantitative estimate of drug-likeness (QED) is 0.321. The summed E-state index contributed by atoms with van der Waals surface area (Å²) in [4.78, 5) is 36.7. The van der Waals surface area contributed by atoms with Gasteiger partial charge in [0, 0.05) is 16.6 Å². The van der Waals surface area contributed by atoms with Gasteiger partial charge in [-0.3, -0.25) is 9.59 Å². The van der Waals surface area contributed by atoms with Gasteiger partial charge >= 0.3 is 5.63 Å². The monoisotopic (exact) mass is 462 g/mol. The smallest absolute Gasteiger partial charge is 0.349 e. The van der Waals surface area contributed by atoms with Gasteiger partial charge in [-0.15, -0.1) is 0 Å². The van der Waals surface area contributed by atoms with E-state index < -0.39 is 21.6 Å². The molecule has 0 unspecified atom stereocenters. The number of hydrogen-bond donors (Lipinski definition) is 2. The molecule has 0 radical (unpaired) electrons. The number of hydrogen-bond acceptors (Lipinski definition) is 6. The molecule has 1 heterocycles. The van der Waals surface area contributed by atoms with Crippen molar-refractivity contribution in [2.45, 2.75) is 4.90 Å². The summed E-state index contributed by atoms with van der Waals surface area (Å²) in [5, 5.41) is 3.14. The van der Waals surface area contributed by atoms with Crippen LogP contribution >= 0.6 is 0 Å². The molecule has 33 heavy (non-hydrogen) atoms. The highest BCUT2D eigenvalue weighted by molar-refractivity contribution is 7.89. The Bertz CT molecular complexity index is 1490. The van der Waals surface area contributed by atoms with Crippen molar-refractivity contribution in [1.82, 2.24) is 4.72 Å². The van der Waals surface area contributed by atoms with Crippen LogP contribution in [0.15, 0.2) is 99.0 Å². The van der Waals surface area contributed by atoms with E-state index >= 15 is 0 Å². The third-order valence-electron chi connectivity index (χ3n) is 4.83. The fourth-order valence-electron chi connectivity index (χ4n) is 3.11. The van der Waals surface area contributed by atoms with Crippen LogP contribution in [0, 0.1) is 0 Å². The summed E-state index contributed by atoms with van der Waals surface area (Å²) in [7, 11) is -3.94. The van der Waals surface area contributed by atoms with Crippen LogP contribution in [0.5, 0.6) is 0 Å². The lowest BCUT2D eigenvalue weighted by Crippen LogP contribution is -2.29. The summed E-state index contributed by atoms with van der Waals surface area (Å²) >= 11 is 0. The van der Waals surface area contributed by atoms with Crippen LogP contribution in [0.4, 0.5) is 5.69 Å². The molecule has 0 aliphatic heterocycles. The Morgan fingerprint density at radius 3 is 2.24 bits per heavy atom. The van der Waals surface area contributed by atoms with Crippen LogP contribution in [-0.2, 0) is 10.0 Å². The van der Waals surface area contributed by atoms with Crippen molar-refractivity contribution in [1.29, 1.82) is 0 Å². The average molecular weight is 462 g/mol. The van der Waals surface area contributed by atoms with Crippen molar-refractivity contribution >= 4 is 38.4 Å². The highest BCUT2D eigenvalue weighted by Gasteiger charge is 2.17. The minimum atomic E-state index is -3.94. The molecule has 0 saturated carbocycles. The lowest BCUT2D eigenvalue weighted by molar-refractivity contribution is 0.0994. The van der Waals surface area contributed by atoms with Crippen molar-refractivity contribution < 1.29 is 22.4 Å². The number of ketones is 1. The minimum Gasteiger partial charge on any atom is -0.422 e. The Hall–Kier alpha value is -4.08. The maximum absolute atomic E-state index is 12.5. The van der Waals surface area contributed by atoms with Crippen molar-refractivity contribution in [2.75, 3.05) is 11.9 Å². The third kappa shape index (κ3) is 5.05. The molecule has 1 aromatic heterocycles. The van der Waals surface area contributed by atoms with Crippen LogP contribution in [-0.4, -0.2) is 26.7 Å². The van der Waals surface area contributed by atoms with Crippen molar-refractivity contribution in [3.05, 3.63) is 106 Å². The zero-order chi connectivity index (χ0) is 23.4. The summed E-state index contributed by atoms with van der Waals surface area (Å²) in [5.41, 5.74) is 0.0966. The molecule has 0 fully saturated rings. The molecule has 4 aromatic rings. The van der Waals surface area contributed by atoms with Gasteiger partial charge in [0.05, 0.1) is 11.4 Å². The number of sulfonamides is 1. The number of fused-ring (bicyclic) bond motifs is 1. The Morgan fingerprint density at radius 2 is 1.52 bits per heavy atom. The summed E-state index contributed by atoms with van der Waals surface area (Å²) in [5.74, 6) is -1.05. The number of anilines is 1. The molecule has 8 nitrogen and oxygen atoms in total. The zero-order valence-corrected chi connectivity index (χ0v) is 18.0. The van der Waals surface area contributed by atoms with Gasteiger partial charge in [0.1, 0.15) is 11.1 Å². The molecule has 4 rings (SSSR count). The van der Waals surface area contributed by atoms with E-state index in [-0.39, 0.29) is 28.5 Å². The molecule has 0 bridgehead atoms. The molecule has 3 aromatic carbocycles. The molecular formula is C24H18N2O6S. The molecular weight excluding hydrogens is 444 g/mol. The van der Waals surface area contributed by atoms with Crippen LogP contribution in [0.1, 0.15) is 20.7 Å². The second-order valence-electron chi connectivity index (χ2n) is 7.08. The topological polar surface area (TPSA) is 123 Å². The fraction of sp³-hybridized carbons (Fsp3) is 0.0417. The average Bonchev–Trinajstić information content (AvgIpc) is 2.83. The van der Waals surface area contributed by atoms with Crippen molar-refractivity contribution in [3.63, 3.8) is 0 Å². The van der Waals surface area contributed by atoms with Gasteiger partial charge in [-0.05, 0) is 36.4 Å². The number of para-hydroxylation sites is 1. The first kappa shape index (κ1) is 22.1. The summed E-state index contributed by atoms with van der Waals surface area (Å²) in [6.07, 6.45) is 0.